The minimum Gasteiger partial charge on any atom is -0.489 e. The molecule has 10 rings (SSSR count). The molecule has 5 nitrogen and oxygen atoms in total. The van der Waals surface area contributed by atoms with Gasteiger partial charge in [-0.05, 0) is 178 Å². The lowest BCUT2D eigenvalue weighted by Gasteiger charge is -2.60. The smallest absolute Gasteiger partial charge is 0.312 e. The Bertz CT molecular complexity index is 2300. The van der Waals surface area contributed by atoms with Crippen molar-refractivity contribution in [1.29, 1.82) is 0 Å². The van der Waals surface area contributed by atoms with Crippen LogP contribution in [0.2, 0.25) is 0 Å². The SMILES string of the molecule is CCC(CC(C)(CC(C)c1ccc(OC(C)=O)cc1)C(=O)OC1(CC)C2CC3CC(C2)CC1C3)c1ccc(COc2ccc([S+]3c4ccccc4Sc4ccccc43)cc2)cc1. The van der Waals surface area contributed by atoms with Gasteiger partial charge in [0.15, 0.2) is 14.7 Å². The molecule has 5 aliphatic rings. The van der Waals surface area contributed by atoms with Crippen LogP contribution in [0.4, 0.5) is 0 Å². The summed E-state index contributed by atoms with van der Waals surface area (Å²) in [6.45, 7) is 10.8. The van der Waals surface area contributed by atoms with Crippen molar-refractivity contribution in [2.75, 3.05) is 0 Å². The molecule has 7 heteroatoms. The number of hydrogen-bond donors (Lipinski definition) is 0. The molecule has 62 heavy (non-hydrogen) atoms. The lowest BCUT2D eigenvalue weighted by molar-refractivity contribution is -0.220. The van der Waals surface area contributed by atoms with Crippen LogP contribution in [-0.2, 0) is 31.8 Å². The third kappa shape index (κ3) is 8.61. The van der Waals surface area contributed by atoms with E-state index in [9.17, 15) is 4.79 Å². The molecular formula is C55H61O5S2+. The van der Waals surface area contributed by atoms with Gasteiger partial charge >= 0.3 is 11.9 Å². The summed E-state index contributed by atoms with van der Waals surface area (Å²) >= 11 is 1.86. The lowest BCUT2D eigenvalue weighted by Crippen LogP contribution is -2.60. The highest BCUT2D eigenvalue weighted by atomic mass is 32.2. The van der Waals surface area contributed by atoms with Crippen LogP contribution in [0.3, 0.4) is 0 Å². The molecule has 4 bridgehead atoms. The van der Waals surface area contributed by atoms with Crippen LogP contribution in [-0.4, -0.2) is 17.5 Å². The van der Waals surface area contributed by atoms with E-state index in [-0.39, 0.29) is 40.3 Å². The highest BCUT2D eigenvalue weighted by Crippen LogP contribution is 2.61. The van der Waals surface area contributed by atoms with E-state index >= 15 is 4.79 Å². The van der Waals surface area contributed by atoms with Gasteiger partial charge in [0.05, 0.1) is 15.2 Å². The molecule has 322 valence electrons. The molecule has 0 amide bonds. The highest BCUT2D eigenvalue weighted by Gasteiger charge is 2.59. The van der Waals surface area contributed by atoms with Gasteiger partial charge in [0.25, 0.3) is 0 Å². The number of benzene rings is 5. The van der Waals surface area contributed by atoms with Crippen LogP contribution in [0.5, 0.6) is 11.5 Å². The van der Waals surface area contributed by atoms with Crippen molar-refractivity contribution in [1.82, 2.24) is 0 Å². The second-order valence-corrected chi connectivity index (χ2v) is 22.0. The Labute approximate surface area is 376 Å². The van der Waals surface area contributed by atoms with E-state index in [4.69, 9.17) is 14.2 Å². The molecule has 1 aliphatic heterocycles. The van der Waals surface area contributed by atoms with Crippen molar-refractivity contribution in [3.8, 4) is 11.5 Å². The number of hydrogen-bond acceptors (Lipinski definition) is 6. The average Bonchev–Trinajstić information content (AvgIpc) is 3.28. The van der Waals surface area contributed by atoms with Gasteiger partial charge in [0, 0.05) is 6.92 Å². The number of esters is 2. The fraction of sp³-hybridized carbons (Fsp3) is 0.418. The van der Waals surface area contributed by atoms with Crippen molar-refractivity contribution in [3.05, 3.63) is 138 Å². The summed E-state index contributed by atoms with van der Waals surface area (Å²) in [5.41, 5.74) is 2.42. The van der Waals surface area contributed by atoms with Gasteiger partial charge in [-0.2, -0.15) is 0 Å². The van der Waals surface area contributed by atoms with E-state index in [0.717, 1.165) is 41.6 Å². The first kappa shape index (κ1) is 42.8. The van der Waals surface area contributed by atoms with Gasteiger partial charge in [-0.1, -0.05) is 93.2 Å². The largest absolute Gasteiger partial charge is 0.489 e. The number of carbonyl (C=O) groups is 2. The molecule has 0 N–H and O–H groups in total. The Morgan fingerprint density at radius 2 is 1.29 bits per heavy atom. The maximum atomic E-state index is 15.0. The second-order valence-electron chi connectivity index (χ2n) is 18.9. The molecule has 5 aromatic carbocycles. The maximum absolute atomic E-state index is 15.0. The van der Waals surface area contributed by atoms with Crippen molar-refractivity contribution >= 4 is 34.6 Å². The zero-order valence-corrected chi connectivity index (χ0v) is 38.6. The highest BCUT2D eigenvalue weighted by molar-refractivity contribution is 8.04. The quantitative estimate of drug-likeness (QED) is 0.0582. The van der Waals surface area contributed by atoms with Gasteiger partial charge in [0.1, 0.15) is 34.6 Å². The Kier molecular flexibility index (Phi) is 12.4. The number of rotatable bonds is 15. The molecular weight excluding hydrogens is 805 g/mol. The van der Waals surface area contributed by atoms with Crippen molar-refractivity contribution in [2.45, 2.75) is 141 Å². The molecule has 0 aromatic heterocycles. The monoisotopic (exact) mass is 865 g/mol. The van der Waals surface area contributed by atoms with Gasteiger partial charge < -0.3 is 14.2 Å². The van der Waals surface area contributed by atoms with Crippen LogP contribution < -0.4 is 9.47 Å². The van der Waals surface area contributed by atoms with Crippen LogP contribution >= 0.6 is 11.8 Å². The van der Waals surface area contributed by atoms with Gasteiger partial charge in [0.2, 0.25) is 0 Å². The van der Waals surface area contributed by atoms with Crippen molar-refractivity contribution < 1.29 is 23.8 Å². The van der Waals surface area contributed by atoms with E-state index in [1.807, 2.05) is 36.0 Å². The van der Waals surface area contributed by atoms with Gasteiger partial charge in [-0.3, -0.25) is 9.59 Å². The standard InChI is InChI=1S/C55H61O5S2/c1-6-41(43-18-16-38(17-19-43)35-58-46-24-26-48(27-25-46)62-51-14-10-8-12-49(51)61-50-13-9-11-15-52(50)62)34-54(5,33-36(3)42-20-22-47(23-21-42)59-37(4)56)53(57)60-55(7-2)44-29-39-28-40(31-44)32-45(55)30-39/h8-27,36,39-41,44-45H,6-7,28-35H2,1-5H3/q+1. The van der Waals surface area contributed by atoms with E-state index in [1.165, 1.54) is 69.1 Å². The first-order valence-corrected chi connectivity index (χ1v) is 25.0. The summed E-state index contributed by atoms with van der Waals surface area (Å²) in [5.74, 6) is 3.86. The number of ether oxygens (including phenoxy) is 3. The molecule has 1 heterocycles. The second kappa shape index (κ2) is 18.0. The molecule has 5 aromatic rings. The predicted octanol–water partition coefficient (Wildman–Crippen LogP) is 14.0. The maximum Gasteiger partial charge on any atom is 0.312 e. The Hall–Kier alpha value is -4.46. The predicted molar refractivity (Wildman–Crippen MR) is 249 cm³/mol. The number of fused-ring (bicyclic) bond motifs is 2. The Morgan fingerprint density at radius 1 is 0.726 bits per heavy atom. The molecule has 3 atom stereocenters. The first-order chi connectivity index (χ1) is 30.0. The summed E-state index contributed by atoms with van der Waals surface area (Å²) in [6, 6.07) is 42.8. The van der Waals surface area contributed by atoms with Crippen molar-refractivity contribution in [2.24, 2.45) is 29.1 Å². The summed E-state index contributed by atoms with van der Waals surface area (Å²) in [4.78, 5) is 33.3. The molecule has 0 saturated heterocycles. The molecule has 0 radical (unpaired) electrons. The van der Waals surface area contributed by atoms with Crippen molar-refractivity contribution in [3.63, 3.8) is 0 Å². The van der Waals surface area contributed by atoms with Crippen LogP contribution in [0.1, 0.15) is 121 Å². The normalized spacial score (nSPS) is 24.3. The molecule has 0 spiro atoms. The summed E-state index contributed by atoms with van der Waals surface area (Å²) in [6.07, 6.45) is 9.38. The summed E-state index contributed by atoms with van der Waals surface area (Å²) in [5, 5.41) is 0. The van der Waals surface area contributed by atoms with Gasteiger partial charge in [-0.15, -0.1) is 0 Å². The molecule has 4 aliphatic carbocycles. The third-order valence-electron chi connectivity index (χ3n) is 14.8. The third-order valence-corrected chi connectivity index (χ3v) is 18.5. The summed E-state index contributed by atoms with van der Waals surface area (Å²) in [7, 11) is -0.167. The minimum atomic E-state index is -0.708. The molecule has 4 fully saturated rings. The van der Waals surface area contributed by atoms with Crippen LogP contribution in [0.25, 0.3) is 0 Å². The molecule has 3 unspecified atom stereocenters. The molecule has 4 saturated carbocycles. The first-order valence-electron chi connectivity index (χ1n) is 23.0. The lowest BCUT2D eigenvalue weighted by atomic mass is 9.49. The van der Waals surface area contributed by atoms with E-state index in [2.05, 4.69) is 125 Å². The fourth-order valence-corrected chi connectivity index (χ4v) is 15.6. The van der Waals surface area contributed by atoms with Crippen LogP contribution in [0, 0.1) is 29.1 Å². The van der Waals surface area contributed by atoms with E-state index < -0.39 is 5.41 Å². The zero-order chi connectivity index (χ0) is 43.0. The van der Waals surface area contributed by atoms with Gasteiger partial charge in [-0.25, -0.2) is 0 Å². The van der Waals surface area contributed by atoms with E-state index in [1.54, 1.807) is 0 Å². The number of carbonyl (C=O) groups excluding carboxylic acids is 2. The zero-order valence-electron chi connectivity index (χ0n) is 36.9. The fourth-order valence-electron chi connectivity index (χ4n) is 11.8. The Balaban J connectivity index is 0.902. The average molecular weight is 866 g/mol. The summed E-state index contributed by atoms with van der Waals surface area (Å²) < 4.78 is 18.8. The Morgan fingerprint density at radius 3 is 1.85 bits per heavy atom. The minimum absolute atomic E-state index is 0.0268. The van der Waals surface area contributed by atoms with E-state index in [0.29, 0.717) is 37.0 Å². The topological polar surface area (TPSA) is 61.8 Å². The van der Waals surface area contributed by atoms with Crippen LogP contribution in [0.15, 0.2) is 146 Å².